The van der Waals surface area contributed by atoms with Gasteiger partial charge in [-0.1, -0.05) is 77.3 Å². The van der Waals surface area contributed by atoms with Gasteiger partial charge in [0.1, 0.15) is 31.2 Å². The molecule has 15 rings (SSSR count). The van der Waals surface area contributed by atoms with Crippen LogP contribution < -0.4 is 59.6 Å². The van der Waals surface area contributed by atoms with Gasteiger partial charge < -0.3 is 65.1 Å². The molecule has 40 heteroatoms. The van der Waals surface area contributed by atoms with E-state index in [-0.39, 0.29) is 129 Å². The molecule has 6 amide bonds. The number of ether oxygens (including phenoxy) is 3. The Kier molecular flexibility index (Phi) is 27.2. The Morgan fingerprint density at radius 1 is 0.479 bits per heavy atom. The van der Waals surface area contributed by atoms with Crippen LogP contribution in [0.2, 0.25) is 15.1 Å². The number of aliphatic hydroxyl groups is 5. The fourth-order valence-corrected chi connectivity index (χ4v) is 14.5. The average Bonchev–Trinajstić information content (AvgIpc) is 1.68. The van der Waals surface area contributed by atoms with Gasteiger partial charge in [-0.05, 0) is 106 Å². The van der Waals surface area contributed by atoms with Gasteiger partial charge in [0.2, 0.25) is 17.6 Å². The molecule has 0 unspecified atom stereocenters. The number of fused-ring (bicyclic) bond motifs is 12. The Labute approximate surface area is 689 Å². The highest BCUT2D eigenvalue weighted by Gasteiger charge is 2.45. The first-order valence-corrected chi connectivity index (χ1v) is 37.1. The van der Waals surface area contributed by atoms with E-state index in [9.17, 15) is 69.2 Å². The van der Waals surface area contributed by atoms with Gasteiger partial charge in [-0.25, -0.2) is 39.3 Å². The lowest BCUT2D eigenvalue weighted by Gasteiger charge is -2.36. The molecule has 6 aliphatic rings. The Balaban J connectivity index is 0.000000171. The Morgan fingerprint density at radius 2 is 0.829 bits per heavy atom. The van der Waals surface area contributed by atoms with Crippen molar-refractivity contribution in [2.24, 2.45) is 0 Å². The van der Waals surface area contributed by atoms with Crippen LogP contribution in [-0.4, -0.2) is 182 Å². The van der Waals surface area contributed by atoms with Crippen molar-refractivity contribution in [1.29, 1.82) is 0 Å². The molecule has 5 atom stereocenters. The number of anilines is 9. The molecule has 6 bridgehead atoms. The van der Waals surface area contributed by atoms with Crippen LogP contribution in [0.4, 0.5) is 106 Å². The minimum atomic E-state index is -4.53. The number of nitrogens with one attached hydrogen (secondary N) is 3. The lowest BCUT2D eigenvalue weighted by Crippen LogP contribution is -2.48. The maximum Gasteiger partial charge on any atom is 0.416 e. The van der Waals surface area contributed by atoms with Crippen LogP contribution in [0.15, 0.2) is 146 Å². The molecule has 0 saturated carbocycles. The molecule has 0 aliphatic carbocycles. The molecule has 3 fully saturated rings. The van der Waals surface area contributed by atoms with Crippen LogP contribution in [0.25, 0.3) is 33.8 Å². The number of alkyl halides is 9. The Bertz CT molecular complexity index is 4900. The van der Waals surface area contributed by atoms with E-state index in [0.717, 1.165) is 36.4 Å². The molecular formula is C77H75Cl5F9N15O11. The highest BCUT2D eigenvalue weighted by Crippen LogP contribution is 2.48. The van der Waals surface area contributed by atoms with Gasteiger partial charge in [-0.15, -0.1) is 24.8 Å². The van der Waals surface area contributed by atoms with Gasteiger partial charge in [0.25, 0.3) is 0 Å². The first kappa shape index (κ1) is 87.6. The fraction of sp³-hybridized carbons (Fsp3) is 0.338. The standard InChI is InChI=1S/C27H27ClF3N5O3.2C25H23ClF3N5O4.2ClH/c1-26(2,38)10-12-39-22-8-4-7-21(32-22)33-25(37)36-18-9-11-35(15-18)20-14-19(28)23(34-24(20)36)16-5-3-6-17(13-16)27(29,30)31;2*26-19-10-20-23(32-22(19)14-2-1-3-15(8-14)25(27,28)29)34(17-5-7-33(20)11-17)24(37)31-16-4-6-30-21(9-16)38-13-18(36)12-35;;/h3-8,13-14,18,38H,9-12,15H2,1-2H3,(H,32,33,37);2*1-4,6,8-10,17-18,35-36H,5,7,11-13H2,(H,30,31,37);2*1H/t18-;17-,18+;17-,18-;;/m000../s1. The van der Waals surface area contributed by atoms with E-state index >= 15 is 0 Å². The van der Waals surface area contributed by atoms with Crippen molar-refractivity contribution in [1.82, 2.24) is 29.9 Å². The molecule has 12 heterocycles. The Hall–Kier alpha value is -10.2. The van der Waals surface area contributed by atoms with E-state index in [1.807, 2.05) is 9.80 Å². The number of hydrogen-bond acceptors (Lipinski definition) is 20. The summed E-state index contributed by atoms with van der Waals surface area (Å²) < 4.78 is 136. The third-order valence-electron chi connectivity index (χ3n) is 19.3. The number of aromatic nitrogens is 6. The molecule has 8 N–H and O–H groups in total. The van der Waals surface area contributed by atoms with Crippen LogP contribution in [0, 0.1) is 0 Å². The quantitative estimate of drug-likeness (QED) is 0.0370. The van der Waals surface area contributed by atoms with Crippen molar-refractivity contribution >= 4 is 129 Å². The topological polar surface area (TPSA) is 313 Å². The summed E-state index contributed by atoms with van der Waals surface area (Å²) in [6.45, 7) is 6.03. The summed E-state index contributed by atoms with van der Waals surface area (Å²) in [6, 6.07) is 28.1. The monoisotopic (exact) mass is 1730 g/mol. The third kappa shape index (κ3) is 20.5. The molecule has 0 radical (unpaired) electrons. The van der Waals surface area contributed by atoms with E-state index in [1.54, 1.807) is 62.4 Å². The number of nitrogens with zero attached hydrogens (tertiary/aromatic N) is 12. The zero-order valence-electron chi connectivity index (χ0n) is 61.8. The van der Waals surface area contributed by atoms with Crippen LogP contribution in [0.5, 0.6) is 17.6 Å². The van der Waals surface area contributed by atoms with E-state index < -0.39 is 84.3 Å². The summed E-state index contributed by atoms with van der Waals surface area (Å²) in [5.41, 5.74) is 0.245. The fourth-order valence-electron chi connectivity index (χ4n) is 13.7. The number of benzene rings is 3. The first-order chi connectivity index (χ1) is 54.7. The summed E-state index contributed by atoms with van der Waals surface area (Å²) >= 11 is 19.5. The number of amides is 6. The molecule has 3 saturated heterocycles. The smallest absolute Gasteiger partial charge is 0.416 e. The van der Waals surface area contributed by atoms with Crippen molar-refractivity contribution in [3.8, 4) is 51.4 Å². The second kappa shape index (κ2) is 36.3. The average molecular weight is 1730 g/mol. The van der Waals surface area contributed by atoms with E-state index in [2.05, 4.69) is 50.8 Å². The van der Waals surface area contributed by atoms with Crippen molar-refractivity contribution < 1.29 is 93.6 Å². The minimum Gasteiger partial charge on any atom is -0.477 e. The number of urea groups is 3. The number of pyridine rings is 6. The van der Waals surface area contributed by atoms with Gasteiger partial charge in [0.05, 0.1) is 109 Å². The molecule has 117 heavy (non-hydrogen) atoms. The number of hydrogen-bond donors (Lipinski definition) is 8. The molecule has 6 aromatic heterocycles. The van der Waals surface area contributed by atoms with E-state index in [1.165, 1.54) is 75.6 Å². The van der Waals surface area contributed by atoms with Crippen molar-refractivity contribution in [2.45, 2.75) is 94.0 Å². The van der Waals surface area contributed by atoms with E-state index in [0.29, 0.717) is 117 Å². The molecular weight excluding hydrogens is 1660 g/mol. The highest BCUT2D eigenvalue weighted by molar-refractivity contribution is 6.34. The first-order valence-electron chi connectivity index (χ1n) is 35.9. The lowest BCUT2D eigenvalue weighted by molar-refractivity contribution is -0.138. The summed E-state index contributed by atoms with van der Waals surface area (Å²) in [7, 11) is 0. The lowest BCUT2D eigenvalue weighted by atomic mass is 10.1. The highest BCUT2D eigenvalue weighted by atomic mass is 35.5. The maximum absolute atomic E-state index is 13.6. The van der Waals surface area contributed by atoms with Gasteiger partial charge in [-0.2, -0.15) is 44.5 Å². The van der Waals surface area contributed by atoms with Gasteiger partial charge in [0.15, 0.2) is 17.5 Å². The largest absolute Gasteiger partial charge is 0.477 e. The number of carbonyl (C=O) groups excluding carboxylic acids is 3. The molecule has 0 spiro atoms. The molecule has 622 valence electrons. The van der Waals surface area contributed by atoms with Crippen molar-refractivity contribution in [3.05, 3.63) is 178 Å². The summed E-state index contributed by atoms with van der Waals surface area (Å²) in [5, 5.41) is 55.6. The molecule has 26 nitrogen and oxygen atoms in total. The second-order valence-electron chi connectivity index (χ2n) is 28.1. The predicted molar refractivity (Wildman–Crippen MR) is 426 cm³/mol. The number of halogens is 14. The summed E-state index contributed by atoms with van der Waals surface area (Å²) in [5.74, 6) is 1.73. The molecule has 9 aromatic rings. The zero-order valence-corrected chi connectivity index (χ0v) is 65.7. The third-order valence-corrected chi connectivity index (χ3v) is 20.2. The van der Waals surface area contributed by atoms with Crippen LogP contribution in [0.1, 0.15) is 56.2 Å². The number of aliphatic hydroxyl groups excluding tert-OH is 4. The maximum atomic E-state index is 13.6. The Morgan fingerprint density at radius 3 is 1.17 bits per heavy atom. The second-order valence-corrected chi connectivity index (χ2v) is 29.3. The molecule has 3 aromatic carbocycles. The summed E-state index contributed by atoms with van der Waals surface area (Å²) in [6.07, 6.45) is -10.5. The minimum absolute atomic E-state index is 0. The number of carbonyl (C=O) groups is 3. The normalized spacial score (nSPS) is 16.8. The number of rotatable bonds is 18. The van der Waals surface area contributed by atoms with Crippen LogP contribution in [0.3, 0.4) is 0 Å². The van der Waals surface area contributed by atoms with Crippen LogP contribution >= 0.6 is 59.6 Å². The molecule has 6 aliphatic heterocycles. The van der Waals surface area contributed by atoms with Crippen LogP contribution in [-0.2, 0) is 18.5 Å². The zero-order chi connectivity index (χ0) is 82.0. The predicted octanol–water partition coefficient (Wildman–Crippen LogP) is 15.2. The van der Waals surface area contributed by atoms with E-state index in [4.69, 9.17) is 59.2 Å². The van der Waals surface area contributed by atoms with Gasteiger partial charge >= 0.3 is 36.6 Å². The van der Waals surface area contributed by atoms with Gasteiger partial charge in [-0.3, -0.25) is 20.0 Å². The SMILES string of the molecule is CC(C)(O)CCOc1cccc(NC(=O)N2c3nc(-c4cccc(C(F)(F)F)c4)c(Cl)cc3N3CC[C@H]2C3)n1.Cl.Cl.O=C(Nc1ccnc(OC[C@@H](O)CO)c1)N1c2nc(-c3cccc(C(F)(F)F)c3)c(Cl)cc2N2CC[C@H]1C2.O=C(Nc1ccnc(OC[C@H](O)CO)c1)N1c2nc(-c3cccc(C(F)(F)F)c3)c(Cl)cc2N2CC[C@H]1C2. The van der Waals surface area contributed by atoms with Crippen molar-refractivity contribution in [2.75, 3.05) is 118 Å². The van der Waals surface area contributed by atoms with Crippen molar-refractivity contribution in [3.63, 3.8) is 0 Å². The van der Waals surface area contributed by atoms with Gasteiger partial charge in [0, 0.05) is 104 Å². The summed E-state index contributed by atoms with van der Waals surface area (Å²) in [4.78, 5) is 77.5.